The third-order valence-corrected chi connectivity index (χ3v) is 6.15. The molecule has 1 heterocycles. The average Bonchev–Trinajstić information content (AvgIpc) is 2.70. The van der Waals surface area contributed by atoms with E-state index in [2.05, 4.69) is 4.99 Å². The van der Waals surface area contributed by atoms with E-state index in [1.807, 2.05) is 0 Å². The van der Waals surface area contributed by atoms with Crippen molar-refractivity contribution in [3.8, 4) is 5.75 Å². The predicted octanol–water partition coefficient (Wildman–Crippen LogP) is 1.31. The molecule has 2 aromatic rings. The SMILES string of the molecule is O=[N+]([O-])c1ccc([O-])c(C=NCc2ccc(S(=O)(=O)N3CCOCC3)cc2)c1. The van der Waals surface area contributed by atoms with Crippen LogP contribution < -0.4 is 5.11 Å². The van der Waals surface area contributed by atoms with Crippen LogP contribution in [0.5, 0.6) is 5.75 Å². The Hall–Kier alpha value is -2.82. The third kappa shape index (κ3) is 4.53. The minimum Gasteiger partial charge on any atom is -0.872 e. The van der Waals surface area contributed by atoms with Gasteiger partial charge in [0.1, 0.15) is 0 Å². The monoisotopic (exact) mass is 404 g/mol. The van der Waals surface area contributed by atoms with Crippen molar-refractivity contribution in [2.45, 2.75) is 11.4 Å². The van der Waals surface area contributed by atoms with Crippen LogP contribution in [0, 0.1) is 10.1 Å². The van der Waals surface area contributed by atoms with Gasteiger partial charge in [0.05, 0.1) is 29.6 Å². The molecule has 148 valence electrons. The molecule has 1 aliphatic heterocycles. The summed E-state index contributed by atoms with van der Waals surface area (Å²) < 4.78 is 31.7. The predicted molar refractivity (Wildman–Crippen MR) is 99.9 cm³/mol. The molecule has 9 nitrogen and oxygen atoms in total. The number of rotatable bonds is 6. The molecule has 10 heteroatoms. The largest absolute Gasteiger partial charge is 0.872 e. The lowest BCUT2D eigenvalue weighted by Crippen LogP contribution is -2.40. The summed E-state index contributed by atoms with van der Waals surface area (Å²) in [7, 11) is -3.55. The molecule has 0 atom stereocenters. The van der Waals surface area contributed by atoms with Gasteiger partial charge in [-0.05, 0) is 23.3 Å². The summed E-state index contributed by atoms with van der Waals surface area (Å²) in [5.41, 5.74) is 0.689. The van der Waals surface area contributed by atoms with Crippen LogP contribution in [-0.4, -0.2) is 50.2 Å². The lowest BCUT2D eigenvalue weighted by molar-refractivity contribution is -0.385. The number of nitro benzene ring substituents is 1. The molecule has 2 aromatic carbocycles. The Morgan fingerprint density at radius 3 is 2.46 bits per heavy atom. The maximum Gasteiger partial charge on any atom is 0.270 e. The highest BCUT2D eigenvalue weighted by Crippen LogP contribution is 2.20. The van der Waals surface area contributed by atoms with Gasteiger partial charge in [-0.25, -0.2) is 8.42 Å². The number of morpholine rings is 1. The van der Waals surface area contributed by atoms with Gasteiger partial charge in [-0.3, -0.25) is 15.1 Å². The van der Waals surface area contributed by atoms with E-state index in [0.29, 0.717) is 26.3 Å². The van der Waals surface area contributed by atoms with Gasteiger partial charge < -0.3 is 9.84 Å². The number of nitrogens with zero attached hydrogens (tertiary/aromatic N) is 3. The Morgan fingerprint density at radius 1 is 1.14 bits per heavy atom. The number of benzene rings is 2. The van der Waals surface area contributed by atoms with Crippen molar-refractivity contribution in [2.75, 3.05) is 26.3 Å². The van der Waals surface area contributed by atoms with Crippen molar-refractivity contribution in [3.63, 3.8) is 0 Å². The fourth-order valence-corrected chi connectivity index (χ4v) is 4.11. The van der Waals surface area contributed by atoms with Gasteiger partial charge in [0.15, 0.2) is 0 Å². The summed E-state index contributed by atoms with van der Waals surface area (Å²) in [5, 5.41) is 22.5. The van der Waals surface area contributed by atoms with Crippen LogP contribution in [0.15, 0.2) is 52.4 Å². The normalized spacial score (nSPS) is 15.7. The first-order valence-corrected chi connectivity index (χ1v) is 9.94. The number of nitro groups is 1. The van der Waals surface area contributed by atoms with Crippen molar-refractivity contribution in [3.05, 3.63) is 63.7 Å². The highest BCUT2D eigenvalue weighted by atomic mass is 32.2. The number of non-ortho nitro benzene ring substituents is 1. The van der Waals surface area contributed by atoms with E-state index in [1.54, 1.807) is 12.1 Å². The Balaban J connectivity index is 1.69. The minimum absolute atomic E-state index is 0.126. The van der Waals surface area contributed by atoms with Gasteiger partial charge in [0.2, 0.25) is 10.0 Å². The maximum absolute atomic E-state index is 12.6. The van der Waals surface area contributed by atoms with E-state index in [-0.39, 0.29) is 28.4 Å². The molecule has 1 aliphatic rings. The van der Waals surface area contributed by atoms with E-state index < -0.39 is 14.9 Å². The molecular weight excluding hydrogens is 386 g/mol. The lowest BCUT2D eigenvalue weighted by atomic mass is 10.2. The molecule has 0 saturated carbocycles. The van der Waals surface area contributed by atoms with E-state index in [0.717, 1.165) is 17.7 Å². The summed E-state index contributed by atoms with van der Waals surface area (Å²) in [6.07, 6.45) is 1.29. The first-order valence-electron chi connectivity index (χ1n) is 8.50. The summed E-state index contributed by atoms with van der Waals surface area (Å²) >= 11 is 0. The van der Waals surface area contributed by atoms with Crippen LogP contribution in [0.25, 0.3) is 0 Å². The quantitative estimate of drug-likeness (QED) is 0.406. The molecule has 0 spiro atoms. The summed E-state index contributed by atoms with van der Waals surface area (Å²) in [5.74, 6) is -0.360. The minimum atomic E-state index is -3.55. The summed E-state index contributed by atoms with van der Waals surface area (Å²) in [4.78, 5) is 14.5. The van der Waals surface area contributed by atoms with Gasteiger partial charge in [-0.2, -0.15) is 4.31 Å². The van der Waals surface area contributed by atoms with Gasteiger partial charge in [0, 0.05) is 31.4 Å². The maximum atomic E-state index is 12.6. The number of aliphatic imine (C=N–C) groups is 1. The summed E-state index contributed by atoms with van der Waals surface area (Å²) in [6, 6.07) is 9.78. The molecule has 0 N–H and O–H groups in total. The third-order valence-electron chi connectivity index (χ3n) is 4.24. The lowest BCUT2D eigenvalue weighted by Gasteiger charge is -2.26. The van der Waals surface area contributed by atoms with Crippen LogP contribution in [0.3, 0.4) is 0 Å². The van der Waals surface area contributed by atoms with Crippen LogP contribution in [0.4, 0.5) is 5.69 Å². The molecule has 0 radical (unpaired) electrons. The highest BCUT2D eigenvalue weighted by Gasteiger charge is 2.25. The molecule has 0 aromatic heterocycles. The fourth-order valence-electron chi connectivity index (χ4n) is 2.70. The molecular formula is C18H18N3O6S-. The average molecular weight is 404 g/mol. The molecule has 28 heavy (non-hydrogen) atoms. The zero-order valence-corrected chi connectivity index (χ0v) is 15.7. The van der Waals surface area contributed by atoms with Crippen LogP contribution >= 0.6 is 0 Å². The van der Waals surface area contributed by atoms with Crippen molar-refractivity contribution >= 4 is 21.9 Å². The first kappa shape index (κ1) is 19.9. The van der Waals surface area contributed by atoms with Crippen molar-refractivity contribution in [1.82, 2.24) is 4.31 Å². The van der Waals surface area contributed by atoms with Gasteiger partial charge in [-0.1, -0.05) is 23.9 Å². The second-order valence-corrected chi connectivity index (χ2v) is 8.05. The zero-order chi connectivity index (χ0) is 20.1. The second kappa shape index (κ2) is 8.46. The first-order chi connectivity index (χ1) is 13.4. The number of hydrogen-bond donors (Lipinski definition) is 0. The van der Waals surface area contributed by atoms with E-state index in [4.69, 9.17) is 4.74 Å². The van der Waals surface area contributed by atoms with E-state index in [1.165, 1.54) is 28.7 Å². The molecule has 0 amide bonds. The Labute approximate surface area is 162 Å². The molecule has 0 bridgehead atoms. The highest BCUT2D eigenvalue weighted by molar-refractivity contribution is 7.89. The standard InChI is InChI=1S/C18H19N3O6S/c22-18-6-3-16(21(23)24)11-15(18)13-19-12-14-1-4-17(5-2-14)28(25,26)20-7-9-27-10-8-20/h1-6,11,13,22H,7-10,12H2/p-1. The smallest absolute Gasteiger partial charge is 0.270 e. The number of ether oxygens (including phenoxy) is 1. The van der Waals surface area contributed by atoms with Crippen LogP contribution in [0.1, 0.15) is 11.1 Å². The second-order valence-electron chi connectivity index (χ2n) is 6.11. The molecule has 1 saturated heterocycles. The van der Waals surface area contributed by atoms with Crippen molar-refractivity contribution < 1.29 is 23.2 Å². The Morgan fingerprint density at radius 2 is 1.82 bits per heavy atom. The molecule has 3 rings (SSSR count). The van der Waals surface area contributed by atoms with E-state index in [9.17, 15) is 23.6 Å². The summed E-state index contributed by atoms with van der Waals surface area (Å²) in [6.45, 7) is 1.63. The topological polar surface area (TPSA) is 125 Å². The fraction of sp³-hybridized carbons (Fsp3) is 0.278. The van der Waals surface area contributed by atoms with Gasteiger partial charge >= 0.3 is 0 Å². The van der Waals surface area contributed by atoms with E-state index >= 15 is 0 Å². The Bertz CT molecular complexity index is 983. The van der Waals surface area contributed by atoms with Crippen molar-refractivity contribution in [2.24, 2.45) is 4.99 Å². The molecule has 0 unspecified atom stereocenters. The Kier molecular flexibility index (Phi) is 6.02. The van der Waals surface area contributed by atoms with Gasteiger partial charge in [-0.15, -0.1) is 0 Å². The van der Waals surface area contributed by atoms with Crippen LogP contribution in [-0.2, 0) is 21.3 Å². The molecule has 1 fully saturated rings. The number of sulfonamides is 1. The molecule has 0 aliphatic carbocycles. The van der Waals surface area contributed by atoms with Gasteiger partial charge in [0.25, 0.3) is 5.69 Å². The van der Waals surface area contributed by atoms with Crippen molar-refractivity contribution in [1.29, 1.82) is 0 Å². The van der Waals surface area contributed by atoms with Crippen LogP contribution in [0.2, 0.25) is 0 Å². The zero-order valence-electron chi connectivity index (χ0n) is 14.9. The number of hydrogen-bond acceptors (Lipinski definition) is 7.